The Labute approximate surface area is 316 Å². The number of nitrogens with one attached hydrogen (secondary N) is 2. The van der Waals surface area contributed by atoms with Crippen molar-refractivity contribution in [2.75, 3.05) is 13.7 Å². The number of fused-ring (bicyclic) bond motifs is 1. The molecule has 2 aliphatic carbocycles. The molecule has 13 heteroatoms. The molecular formula is C41H51N4O8P. The van der Waals surface area contributed by atoms with Crippen molar-refractivity contribution in [3.8, 4) is 22.8 Å². The molecular weight excluding hydrogens is 707 g/mol. The topological polar surface area (TPSA) is 156 Å². The standard InChI is InChI=1S/C41H51N4O8P/c1-7-20-54(49,50)41(24-27(41)8-2)44-37(46)34-22-30(25-45(34)38(47)36(40(3,4)5)43-39(48)53-28-16-12-13-17-28)52-35-23-32(26-14-10-9-11-15-26)42-33-21-29(51-6)18-19-31(33)35/h7-11,14-15,18-21,23,27-28,30,34,36H,2,12-13,16-17,22,24-25H2,1,3-6H3,(H,43,48)(H,44,46)(H,49,50)/b20-7+/t27-,30-,34+,36?,41+/m1/s1. The molecule has 2 heterocycles. The first-order chi connectivity index (χ1) is 25.7. The highest BCUT2D eigenvalue weighted by atomic mass is 31.2. The molecule has 3 aliphatic rings. The van der Waals surface area contributed by atoms with Crippen LogP contribution in [0, 0.1) is 11.3 Å². The van der Waals surface area contributed by atoms with Crippen LogP contribution < -0.4 is 20.1 Å². The van der Waals surface area contributed by atoms with Gasteiger partial charge in [-0.2, -0.15) is 0 Å². The second-order valence-corrected chi connectivity index (χ2v) is 17.9. The zero-order chi connectivity index (χ0) is 38.8. The van der Waals surface area contributed by atoms with Gasteiger partial charge in [-0.25, -0.2) is 9.78 Å². The summed E-state index contributed by atoms with van der Waals surface area (Å²) in [6.45, 7) is 11.0. The Morgan fingerprint density at radius 3 is 2.44 bits per heavy atom. The van der Waals surface area contributed by atoms with Crippen LogP contribution in [-0.4, -0.2) is 75.9 Å². The molecule has 0 radical (unpaired) electrons. The largest absolute Gasteiger partial charge is 0.497 e. The Morgan fingerprint density at radius 2 is 1.81 bits per heavy atom. The number of alkyl carbamates (subject to hydrolysis) is 1. The van der Waals surface area contributed by atoms with Gasteiger partial charge in [-0.3, -0.25) is 14.2 Å². The van der Waals surface area contributed by atoms with Crippen molar-refractivity contribution >= 4 is 36.2 Å². The normalized spacial score (nSPS) is 24.5. The van der Waals surface area contributed by atoms with Gasteiger partial charge in [-0.1, -0.05) is 63.3 Å². The number of hydrogen-bond donors (Lipinski definition) is 3. The monoisotopic (exact) mass is 758 g/mol. The highest BCUT2D eigenvalue weighted by Crippen LogP contribution is 2.70. The summed E-state index contributed by atoms with van der Waals surface area (Å²) in [4.78, 5) is 59.6. The maximum Gasteiger partial charge on any atom is 0.408 e. The summed E-state index contributed by atoms with van der Waals surface area (Å²) >= 11 is 0. The quantitative estimate of drug-likeness (QED) is 0.129. The van der Waals surface area contributed by atoms with Gasteiger partial charge in [-0.15, -0.1) is 6.58 Å². The molecule has 3 aromatic rings. The maximum atomic E-state index is 14.7. The van der Waals surface area contributed by atoms with Crippen molar-refractivity contribution in [2.24, 2.45) is 11.3 Å². The molecule has 54 heavy (non-hydrogen) atoms. The van der Waals surface area contributed by atoms with Crippen molar-refractivity contribution in [2.45, 2.75) is 95.8 Å². The molecule has 3 N–H and O–H groups in total. The van der Waals surface area contributed by atoms with E-state index in [4.69, 9.17) is 19.2 Å². The lowest BCUT2D eigenvalue weighted by Crippen LogP contribution is -2.58. The summed E-state index contributed by atoms with van der Waals surface area (Å²) < 4.78 is 31.5. The van der Waals surface area contributed by atoms with Gasteiger partial charge in [0, 0.05) is 35.4 Å². The number of likely N-dealkylation sites (tertiary alicyclic amines) is 1. The number of hydrogen-bond acceptors (Lipinski definition) is 8. The Morgan fingerprint density at radius 1 is 1.09 bits per heavy atom. The third-order valence-electron chi connectivity index (χ3n) is 10.7. The van der Waals surface area contributed by atoms with E-state index in [1.807, 2.05) is 75.4 Å². The number of pyridine rings is 1. The minimum absolute atomic E-state index is 0.00697. The Balaban J connectivity index is 1.35. The number of aromatic nitrogens is 1. The minimum atomic E-state index is -4.02. The number of nitrogens with zero attached hydrogens (tertiary/aromatic N) is 2. The van der Waals surface area contributed by atoms with Gasteiger partial charge in [0.2, 0.25) is 19.2 Å². The number of benzene rings is 2. The highest BCUT2D eigenvalue weighted by Gasteiger charge is 2.65. The van der Waals surface area contributed by atoms with E-state index in [2.05, 4.69) is 17.2 Å². The van der Waals surface area contributed by atoms with Gasteiger partial charge >= 0.3 is 6.09 Å². The van der Waals surface area contributed by atoms with Gasteiger partial charge in [0.1, 0.15) is 41.1 Å². The third kappa shape index (κ3) is 8.05. The number of carbonyl (C=O) groups is 3. The fourth-order valence-corrected chi connectivity index (χ4v) is 9.59. The van der Waals surface area contributed by atoms with Crippen molar-refractivity contribution < 1.29 is 38.1 Å². The first-order valence-corrected chi connectivity index (χ1v) is 20.3. The van der Waals surface area contributed by atoms with E-state index < -0.39 is 60.1 Å². The van der Waals surface area contributed by atoms with Gasteiger partial charge in [0.15, 0.2) is 0 Å². The van der Waals surface area contributed by atoms with Crippen molar-refractivity contribution in [3.05, 3.63) is 79.1 Å². The van der Waals surface area contributed by atoms with E-state index in [-0.39, 0.29) is 25.5 Å². The molecule has 0 spiro atoms. The van der Waals surface area contributed by atoms with E-state index in [1.165, 1.54) is 16.8 Å². The number of allylic oxidation sites excluding steroid dienone is 1. The number of methoxy groups -OCH3 is 1. The van der Waals surface area contributed by atoms with Crippen LogP contribution in [-0.2, 0) is 18.9 Å². The van der Waals surface area contributed by atoms with Crippen LogP contribution in [0.4, 0.5) is 4.79 Å². The molecule has 2 saturated carbocycles. The zero-order valence-corrected chi connectivity index (χ0v) is 32.5. The lowest BCUT2D eigenvalue weighted by atomic mass is 9.85. The molecule has 2 unspecified atom stereocenters. The van der Waals surface area contributed by atoms with E-state index in [1.54, 1.807) is 20.1 Å². The average molecular weight is 759 g/mol. The van der Waals surface area contributed by atoms with Crippen molar-refractivity contribution in [1.82, 2.24) is 20.5 Å². The van der Waals surface area contributed by atoms with Gasteiger partial charge in [0.05, 0.1) is 24.9 Å². The Hall–Kier alpha value is -4.67. The number of ether oxygens (including phenoxy) is 3. The summed E-state index contributed by atoms with van der Waals surface area (Å²) in [6, 6.07) is 14.9. The van der Waals surface area contributed by atoms with Crippen LogP contribution in [0.15, 0.2) is 79.1 Å². The average Bonchev–Trinajstić information content (AvgIpc) is 3.41. The highest BCUT2D eigenvalue weighted by molar-refractivity contribution is 7.63. The fraction of sp³-hybridized carbons (Fsp3) is 0.463. The van der Waals surface area contributed by atoms with Gasteiger partial charge in [-0.05, 0) is 62.4 Å². The first-order valence-electron chi connectivity index (χ1n) is 18.6. The fourth-order valence-electron chi connectivity index (χ4n) is 7.61. The lowest BCUT2D eigenvalue weighted by molar-refractivity contribution is -0.142. The number of rotatable bonds is 12. The number of amides is 3. The van der Waals surface area contributed by atoms with Gasteiger partial charge < -0.3 is 34.6 Å². The van der Waals surface area contributed by atoms with Crippen LogP contribution >= 0.6 is 7.37 Å². The van der Waals surface area contributed by atoms with Crippen molar-refractivity contribution in [3.63, 3.8) is 0 Å². The van der Waals surface area contributed by atoms with E-state index in [0.717, 1.165) is 31.2 Å². The molecule has 288 valence electrons. The van der Waals surface area contributed by atoms with Crippen molar-refractivity contribution in [1.29, 1.82) is 0 Å². The predicted octanol–water partition coefficient (Wildman–Crippen LogP) is 7.16. The van der Waals surface area contributed by atoms with Crippen LogP contribution in [0.1, 0.15) is 66.2 Å². The van der Waals surface area contributed by atoms with Crippen LogP contribution in [0.2, 0.25) is 0 Å². The SMILES string of the molecule is C=C[C@@H]1C[C@]1(NC(=O)[C@@H]1C[C@@H](Oc2cc(-c3ccccc3)nc3cc(OC)ccc23)CN1C(=O)C(NC(=O)OC1CCCC1)C(C)(C)C)P(=O)(O)/C=C/C. The molecule has 2 aromatic carbocycles. The van der Waals surface area contributed by atoms with E-state index in [9.17, 15) is 23.8 Å². The maximum absolute atomic E-state index is 14.7. The van der Waals surface area contributed by atoms with Gasteiger partial charge in [0.25, 0.3) is 0 Å². The number of carbonyl (C=O) groups excluding carboxylic acids is 3. The molecule has 0 bridgehead atoms. The van der Waals surface area contributed by atoms with E-state index >= 15 is 0 Å². The predicted molar refractivity (Wildman–Crippen MR) is 207 cm³/mol. The molecule has 6 rings (SSSR count). The summed E-state index contributed by atoms with van der Waals surface area (Å²) in [7, 11) is -2.44. The molecule has 1 aromatic heterocycles. The van der Waals surface area contributed by atoms with Crippen LogP contribution in [0.25, 0.3) is 22.2 Å². The van der Waals surface area contributed by atoms with E-state index in [0.29, 0.717) is 28.1 Å². The molecule has 6 atom stereocenters. The second-order valence-electron chi connectivity index (χ2n) is 15.6. The second kappa shape index (κ2) is 15.6. The Bertz CT molecular complexity index is 1970. The summed E-state index contributed by atoms with van der Waals surface area (Å²) in [5, 5.41) is 4.97. The molecule has 1 aliphatic heterocycles. The van der Waals surface area contributed by atoms with Crippen LogP contribution in [0.5, 0.6) is 11.5 Å². The summed E-state index contributed by atoms with van der Waals surface area (Å²) in [6.07, 6.45) is 5.29. The molecule has 12 nitrogen and oxygen atoms in total. The molecule has 3 fully saturated rings. The minimum Gasteiger partial charge on any atom is -0.497 e. The Kier molecular flexibility index (Phi) is 11.3. The third-order valence-corrected chi connectivity index (χ3v) is 13.1. The molecule has 3 amide bonds. The first kappa shape index (κ1) is 39.0. The van der Waals surface area contributed by atoms with Crippen LogP contribution in [0.3, 0.4) is 0 Å². The summed E-state index contributed by atoms with van der Waals surface area (Å²) in [5.41, 5.74) is 1.41. The summed E-state index contributed by atoms with van der Waals surface area (Å²) in [5.74, 6) is 0.841. The lowest BCUT2D eigenvalue weighted by Gasteiger charge is -2.35. The molecule has 1 saturated heterocycles. The zero-order valence-electron chi connectivity index (χ0n) is 31.6. The smallest absolute Gasteiger partial charge is 0.408 e.